The smallest absolute Gasteiger partial charge is 0.0862 e. The van der Waals surface area contributed by atoms with Crippen LogP contribution in [0.3, 0.4) is 0 Å². The molecule has 138 valence electrons. The van der Waals surface area contributed by atoms with E-state index in [4.69, 9.17) is 0 Å². The second-order valence-corrected chi connectivity index (χ2v) is 8.63. The van der Waals surface area contributed by atoms with Gasteiger partial charge in [0.1, 0.15) is 0 Å². The van der Waals surface area contributed by atoms with Crippen LogP contribution in [0.4, 0.5) is 0 Å². The maximum atomic E-state index is 10.3. The first-order chi connectivity index (χ1) is 10.7. The minimum Gasteiger partial charge on any atom is -0.396 e. The van der Waals surface area contributed by atoms with Crippen LogP contribution in [0.15, 0.2) is 5.18 Å². The fourth-order valence-corrected chi connectivity index (χ4v) is 2.80. The number of unbranched alkanes of at least 4 members (excludes halogenated alkanes) is 4. The van der Waals surface area contributed by atoms with Crippen LogP contribution in [0.25, 0.3) is 0 Å². The topological polar surface area (TPSA) is 69.9 Å². The standard InChI is InChI=1S/C19H39NO3/c1-18(2,15-20-23)13-9-5-7-11-17(22)12-8-6-10-14-19(3,4)16-21/h17,21-22H,5-16H2,1-4H3. The van der Waals surface area contributed by atoms with Crippen LogP contribution < -0.4 is 0 Å². The maximum absolute atomic E-state index is 10.3. The molecule has 0 aliphatic carbocycles. The van der Waals surface area contributed by atoms with Crippen LogP contribution in [-0.2, 0) is 0 Å². The summed E-state index contributed by atoms with van der Waals surface area (Å²) < 4.78 is 0. The summed E-state index contributed by atoms with van der Waals surface area (Å²) in [5, 5.41) is 22.2. The van der Waals surface area contributed by atoms with Crippen molar-refractivity contribution in [3.8, 4) is 0 Å². The average molecular weight is 330 g/mol. The third-order valence-electron chi connectivity index (χ3n) is 4.70. The van der Waals surface area contributed by atoms with Crippen molar-refractivity contribution < 1.29 is 10.2 Å². The Morgan fingerprint density at radius 1 is 0.826 bits per heavy atom. The van der Waals surface area contributed by atoms with Gasteiger partial charge in [-0.2, -0.15) is 4.91 Å². The highest BCUT2D eigenvalue weighted by atomic mass is 16.3. The zero-order valence-corrected chi connectivity index (χ0v) is 15.8. The van der Waals surface area contributed by atoms with Crippen LogP contribution in [0.1, 0.15) is 91.9 Å². The van der Waals surface area contributed by atoms with Crippen molar-refractivity contribution in [3.63, 3.8) is 0 Å². The summed E-state index contributed by atoms with van der Waals surface area (Å²) in [4.78, 5) is 10.3. The van der Waals surface area contributed by atoms with E-state index in [1.165, 1.54) is 0 Å². The molecule has 2 N–H and O–H groups in total. The van der Waals surface area contributed by atoms with Gasteiger partial charge < -0.3 is 10.2 Å². The summed E-state index contributed by atoms with van der Waals surface area (Å²) in [5.74, 6) is 0. The minimum atomic E-state index is -0.175. The quantitative estimate of drug-likeness (QED) is 0.326. The van der Waals surface area contributed by atoms with E-state index in [9.17, 15) is 15.1 Å². The minimum absolute atomic E-state index is 0.0166. The molecule has 0 aliphatic rings. The Morgan fingerprint density at radius 3 is 1.74 bits per heavy atom. The van der Waals surface area contributed by atoms with Crippen molar-refractivity contribution in [3.05, 3.63) is 4.91 Å². The normalized spacial score (nSPS) is 14.0. The summed E-state index contributed by atoms with van der Waals surface area (Å²) in [6, 6.07) is 0. The van der Waals surface area contributed by atoms with Gasteiger partial charge in [-0.15, -0.1) is 0 Å². The lowest BCUT2D eigenvalue weighted by molar-refractivity contribution is 0.138. The summed E-state index contributed by atoms with van der Waals surface area (Å²) in [7, 11) is 0. The number of nitroso groups, excluding NO2 is 1. The molecular formula is C19H39NO3. The van der Waals surface area contributed by atoms with Crippen LogP contribution in [-0.4, -0.2) is 29.5 Å². The average Bonchev–Trinajstić information content (AvgIpc) is 2.46. The van der Waals surface area contributed by atoms with E-state index in [0.717, 1.165) is 64.2 Å². The van der Waals surface area contributed by atoms with Crippen molar-refractivity contribution in [2.45, 2.75) is 98.0 Å². The first kappa shape index (κ1) is 22.5. The second kappa shape index (κ2) is 12.0. The molecule has 1 atom stereocenters. The lowest BCUT2D eigenvalue weighted by Gasteiger charge is -2.21. The molecule has 0 aromatic heterocycles. The van der Waals surface area contributed by atoms with Gasteiger partial charge in [0.05, 0.1) is 12.6 Å². The van der Waals surface area contributed by atoms with E-state index >= 15 is 0 Å². The van der Waals surface area contributed by atoms with Crippen molar-refractivity contribution in [1.82, 2.24) is 0 Å². The van der Waals surface area contributed by atoms with Gasteiger partial charge in [-0.25, -0.2) is 0 Å². The van der Waals surface area contributed by atoms with E-state index < -0.39 is 0 Å². The van der Waals surface area contributed by atoms with E-state index in [1.54, 1.807) is 0 Å². The molecule has 0 aliphatic heterocycles. The highest BCUT2D eigenvalue weighted by molar-refractivity contribution is 4.71. The zero-order chi connectivity index (χ0) is 17.8. The fraction of sp³-hybridized carbons (Fsp3) is 1.00. The number of hydrogen-bond donors (Lipinski definition) is 2. The highest BCUT2D eigenvalue weighted by Gasteiger charge is 2.17. The van der Waals surface area contributed by atoms with E-state index in [-0.39, 0.29) is 23.5 Å². The number of rotatable bonds is 15. The van der Waals surface area contributed by atoms with Gasteiger partial charge in [-0.05, 0) is 36.5 Å². The number of hydrogen-bond acceptors (Lipinski definition) is 4. The third-order valence-corrected chi connectivity index (χ3v) is 4.70. The van der Waals surface area contributed by atoms with Crippen molar-refractivity contribution >= 4 is 0 Å². The summed E-state index contributed by atoms with van der Waals surface area (Å²) in [6.45, 7) is 8.99. The molecule has 0 aromatic carbocycles. The Bertz CT molecular complexity index is 303. The molecule has 0 saturated heterocycles. The number of nitrogens with zero attached hydrogens (tertiary/aromatic N) is 1. The molecule has 0 bridgehead atoms. The fourth-order valence-electron chi connectivity index (χ4n) is 2.80. The molecule has 0 radical (unpaired) electrons. The van der Waals surface area contributed by atoms with Crippen LogP contribution in [0.5, 0.6) is 0 Å². The Labute approximate surface area is 143 Å². The molecule has 4 heteroatoms. The third kappa shape index (κ3) is 13.6. The first-order valence-corrected chi connectivity index (χ1v) is 9.30. The van der Waals surface area contributed by atoms with Gasteiger partial charge in [-0.3, -0.25) is 0 Å². The highest BCUT2D eigenvalue weighted by Crippen LogP contribution is 2.25. The predicted molar refractivity (Wildman–Crippen MR) is 97.5 cm³/mol. The predicted octanol–water partition coefficient (Wildman–Crippen LogP) is 5.06. The number of aliphatic hydroxyl groups is 2. The lowest BCUT2D eigenvalue weighted by atomic mass is 9.87. The Kier molecular flexibility index (Phi) is 11.7. The molecule has 0 saturated carbocycles. The molecule has 23 heavy (non-hydrogen) atoms. The van der Waals surface area contributed by atoms with Crippen molar-refractivity contribution in [2.75, 3.05) is 13.2 Å². The summed E-state index contributed by atoms with van der Waals surface area (Å²) in [5.41, 5.74) is 0.0501. The lowest BCUT2D eigenvalue weighted by Crippen LogP contribution is -2.16. The monoisotopic (exact) mass is 329 g/mol. The molecule has 0 rings (SSSR count). The Balaban J connectivity index is 3.51. The molecule has 0 amide bonds. The Morgan fingerprint density at radius 2 is 1.30 bits per heavy atom. The molecule has 0 heterocycles. The summed E-state index contributed by atoms with van der Waals surface area (Å²) >= 11 is 0. The molecule has 4 nitrogen and oxygen atoms in total. The Hall–Kier alpha value is -0.480. The molecular weight excluding hydrogens is 290 g/mol. The van der Waals surface area contributed by atoms with Crippen LogP contribution in [0.2, 0.25) is 0 Å². The van der Waals surface area contributed by atoms with Gasteiger partial charge in [0.15, 0.2) is 0 Å². The van der Waals surface area contributed by atoms with E-state index in [0.29, 0.717) is 6.54 Å². The largest absolute Gasteiger partial charge is 0.396 e. The zero-order valence-electron chi connectivity index (χ0n) is 15.8. The van der Waals surface area contributed by atoms with Gasteiger partial charge in [0.25, 0.3) is 0 Å². The molecule has 0 aromatic rings. The van der Waals surface area contributed by atoms with Crippen LogP contribution in [0, 0.1) is 15.7 Å². The van der Waals surface area contributed by atoms with Gasteiger partial charge in [0, 0.05) is 6.61 Å². The molecule has 1 unspecified atom stereocenters. The number of aliphatic hydroxyl groups excluding tert-OH is 2. The van der Waals surface area contributed by atoms with Crippen LogP contribution >= 0.6 is 0 Å². The van der Waals surface area contributed by atoms with Gasteiger partial charge in [-0.1, -0.05) is 71.4 Å². The van der Waals surface area contributed by atoms with Gasteiger partial charge >= 0.3 is 0 Å². The second-order valence-electron chi connectivity index (χ2n) is 8.63. The van der Waals surface area contributed by atoms with E-state index in [1.807, 2.05) is 0 Å². The molecule has 0 fully saturated rings. The molecule has 0 spiro atoms. The summed E-state index contributed by atoms with van der Waals surface area (Å²) in [6.07, 6.45) is 10.3. The van der Waals surface area contributed by atoms with E-state index in [2.05, 4.69) is 32.9 Å². The van der Waals surface area contributed by atoms with Gasteiger partial charge in [0.2, 0.25) is 0 Å². The maximum Gasteiger partial charge on any atom is 0.0862 e. The first-order valence-electron chi connectivity index (χ1n) is 9.30. The van der Waals surface area contributed by atoms with Crippen molar-refractivity contribution in [1.29, 1.82) is 0 Å². The SMILES string of the molecule is CC(C)(CO)CCCCCC(O)CCCCCC(C)(C)CN=O. The van der Waals surface area contributed by atoms with Crippen molar-refractivity contribution in [2.24, 2.45) is 16.0 Å².